The minimum Gasteiger partial charge on any atom is -0.547 e. The molecule has 11 nitrogen and oxygen atoms in total. The molecule has 0 radical (unpaired) electrons. The van der Waals surface area contributed by atoms with Gasteiger partial charge in [0, 0.05) is 0 Å². The largest absolute Gasteiger partial charge is 1.00 e. The van der Waals surface area contributed by atoms with Crippen molar-refractivity contribution < 1.29 is 81.4 Å². The minimum atomic E-state index is -5.73. The number of carbonyl (C=O) groups excluding carboxylic acids is 1. The van der Waals surface area contributed by atoms with E-state index in [1.54, 1.807) is 0 Å². The molecule has 0 heterocycles. The SMILES string of the molecule is CCOP(=O)(O)C(C(=O)[O-])(P(=O)(O)OCC)P(=O)(O)OCC.[Na+]. The average molecular weight is 406 g/mol. The Morgan fingerprint density at radius 1 is 0.870 bits per heavy atom. The van der Waals surface area contributed by atoms with Gasteiger partial charge in [0.25, 0.3) is 0 Å². The van der Waals surface area contributed by atoms with Crippen LogP contribution in [0.25, 0.3) is 0 Å². The number of hydrogen-bond acceptors (Lipinski definition) is 8. The summed E-state index contributed by atoms with van der Waals surface area (Å²) < 4.78 is 45.3. The number of carbonyl (C=O) groups is 1. The Balaban J connectivity index is 0. The molecule has 0 aliphatic heterocycles. The summed E-state index contributed by atoms with van der Waals surface area (Å²) >= 11 is 0. The molecule has 0 aromatic carbocycles. The van der Waals surface area contributed by atoms with Crippen LogP contribution in [0.1, 0.15) is 20.8 Å². The maximum Gasteiger partial charge on any atom is 1.00 e. The van der Waals surface area contributed by atoms with E-state index in [-0.39, 0.29) is 29.6 Å². The monoisotopic (exact) mass is 406 g/mol. The normalized spacial score (nSPS) is 21.8. The fourth-order valence-electron chi connectivity index (χ4n) is 1.62. The van der Waals surface area contributed by atoms with Crippen molar-refractivity contribution in [1.29, 1.82) is 0 Å². The quantitative estimate of drug-likeness (QED) is 0.250. The van der Waals surface area contributed by atoms with Gasteiger partial charge in [0.05, 0.1) is 25.8 Å². The number of carboxylic acids is 1. The summed E-state index contributed by atoms with van der Waals surface area (Å²) in [5.74, 6) is -2.77. The first-order chi connectivity index (χ1) is 9.88. The Labute approximate surface area is 155 Å². The second kappa shape index (κ2) is 9.57. The molecule has 3 atom stereocenters. The van der Waals surface area contributed by atoms with Gasteiger partial charge in [-0.1, -0.05) is 0 Å². The fourth-order valence-corrected chi connectivity index (χ4v) is 8.77. The summed E-state index contributed by atoms with van der Waals surface area (Å²) in [5, 5.41) is 11.4. The molecule has 0 aromatic rings. The van der Waals surface area contributed by atoms with E-state index in [4.69, 9.17) is 0 Å². The fraction of sp³-hybridized carbons (Fsp3) is 0.875. The van der Waals surface area contributed by atoms with Crippen LogP contribution in [-0.2, 0) is 32.1 Å². The van der Waals surface area contributed by atoms with E-state index in [1.807, 2.05) is 0 Å². The second-order valence-electron chi connectivity index (χ2n) is 3.74. The van der Waals surface area contributed by atoms with E-state index < -0.39 is 53.2 Å². The van der Waals surface area contributed by atoms with Crippen molar-refractivity contribution in [3.63, 3.8) is 0 Å². The van der Waals surface area contributed by atoms with Crippen LogP contribution in [0.5, 0.6) is 0 Å². The van der Waals surface area contributed by atoms with Gasteiger partial charge >= 0.3 is 57.0 Å². The summed E-state index contributed by atoms with van der Waals surface area (Å²) in [6, 6.07) is 0. The van der Waals surface area contributed by atoms with Crippen LogP contribution in [0.4, 0.5) is 0 Å². The summed E-state index contributed by atoms with van der Waals surface area (Å²) in [5.41, 5.74) is 0. The van der Waals surface area contributed by atoms with Crippen LogP contribution in [0.3, 0.4) is 0 Å². The van der Waals surface area contributed by atoms with Crippen LogP contribution in [0.2, 0.25) is 0 Å². The van der Waals surface area contributed by atoms with Gasteiger partial charge in [-0.25, -0.2) is 0 Å². The van der Waals surface area contributed by atoms with Crippen LogP contribution in [0, 0.1) is 0 Å². The number of aliphatic carboxylic acids is 1. The van der Waals surface area contributed by atoms with Crippen molar-refractivity contribution in [2.75, 3.05) is 19.8 Å². The van der Waals surface area contributed by atoms with Gasteiger partial charge in [0.2, 0.25) is 0 Å². The minimum absolute atomic E-state index is 0. The molecule has 0 fully saturated rings. The predicted molar refractivity (Wildman–Crippen MR) is 72.1 cm³/mol. The average Bonchev–Trinajstić information content (AvgIpc) is 2.26. The molecule has 15 heteroatoms. The summed E-state index contributed by atoms with van der Waals surface area (Å²) in [6.07, 6.45) is 0. The molecule has 132 valence electrons. The zero-order chi connectivity index (χ0) is 17.8. The van der Waals surface area contributed by atoms with Gasteiger partial charge in [0.1, 0.15) is 0 Å². The van der Waals surface area contributed by atoms with Crippen molar-refractivity contribution in [1.82, 2.24) is 0 Å². The molecule has 0 amide bonds. The molecule has 0 bridgehead atoms. The topological polar surface area (TPSA) is 180 Å². The van der Waals surface area contributed by atoms with Crippen molar-refractivity contribution in [3.8, 4) is 0 Å². The molecule has 0 aliphatic carbocycles. The molecular formula is C8H18NaO11P3. The van der Waals surface area contributed by atoms with E-state index >= 15 is 0 Å². The van der Waals surface area contributed by atoms with E-state index in [2.05, 4.69) is 13.6 Å². The first kappa shape index (κ1) is 26.2. The molecule has 23 heavy (non-hydrogen) atoms. The number of carboxylic acid groups (broad SMARTS) is 1. The Morgan fingerprint density at radius 2 is 1.09 bits per heavy atom. The summed E-state index contributed by atoms with van der Waals surface area (Å²) in [6.45, 7) is 1.70. The molecular weight excluding hydrogens is 388 g/mol. The molecule has 0 aliphatic rings. The van der Waals surface area contributed by atoms with Crippen molar-refractivity contribution in [3.05, 3.63) is 0 Å². The van der Waals surface area contributed by atoms with Gasteiger partial charge in [-0.3, -0.25) is 13.7 Å². The van der Waals surface area contributed by atoms with E-state index in [1.165, 1.54) is 0 Å². The maximum absolute atomic E-state index is 12.2. The molecule has 3 unspecified atom stereocenters. The van der Waals surface area contributed by atoms with Gasteiger partial charge in [-0.15, -0.1) is 0 Å². The third kappa shape index (κ3) is 4.76. The molecule has 3 N–H and O–H groups in total. The zero-order valence-corrected chi connectivity index (χ0v) is 17.8. The van der Waals surface area contributed by atoms with Crippen molar-refractivity contribution in [2.45, 2.75) is 25.4 Å². The zero-order valence-electron chi connectivity index (χ0n) is 13.1. The van der Waals surface area contributed by atoms with E-state index in [9.17, 15) is 38.3 Å². The van der Waals surface area contributed by atoms with Crippen LogP contribution in [-0.4, -0.2) is 45.1 Å². The molecule has 0 aromatic heterocycles. The second-order valence-corrected chi connectivity index (χ2v) is 10.7. The van der Waals surface area contributed by atoms with Crippen LogP contribution in [0.15, 0.2) is 0 Å². The smallest absolute Gasteiger partial charge is 0.547 e. The van der Waals surface area contributed by atoms with Crippen LogP contribution >= 0.6 is 22.8 Å². The Bertz CT molecular complexity index is 485. The van der Waals surface area contributed by atoms with Crippen LogP contribution < -0.4 is 34.7 Å². The van der Waals surface area contributed by atoms with Gasteiger partial charge in [-0.05, 0) is 20.8 Å². The predicted octanol–water partition coefficient (Wildman–Crippen LogP) is -2.94. The number of hydrogen-bond donors (Lipinski definition) is 3. The van der Waals surface area contributed by atoms with Gasteiger partial charge < -0.3 is 38.2 Å². The molecule has 0 saturated carbocycles. The molecule has 0 rings (SSSR count). The van der Waals surface area contributed by atoms with Gasteiger partial charge in [0.15, 0.2) is 0 Å². The standard InChI is InChI=1S/C8H19O11P3.Na/c1-4-17-20(11,12)8(7(9)10,21(13,14)18-5-2)22(15,16)19-6-3;/h4-6H2,1-3H3,(H,9,10)(H,11,12)(H,13,14)(H,15,16);/q;+1/p-1. The van der Waals surface area contributed by atoms with Crippen molar-refractivity contribution >= 4 is 28.8 Å². The van der Waals surface area contributed by atoms with Gasteiger partial charge in [-0.2, -0.15) is 0 Å². The Hall–Kier alpha value is 0.920. The van der Waals surface area contributed by atoms with E-state index in [0.717, 1.165) is 20.8 Å². The molecule has 0 spiro atoms. The first-order valence-electron chi connectivity index (χ1n) is 6.01. The maximum atomic E-state index is 12.2. The third-order valence-corrected chi connectivity index (χ3v) is 11.7. The Morgan fingerprint density at radius 3 is 1.22 bits per heavy atom. The summed E-state index contributed by atoms with van der Waals surface area (Å²) in [4.78, 5) is 40.9. The molecule has 0 saturated heterocycles. The summed E-state index contributed by atoms with van der Waals surface area (Å²) in [7, 11) is -17.2. The third-order valence-electron chi connectivity index (χ3n) is 2.37. The first-order valence-corrected chi connectivity index (χ1v) is 10.7. The number of rotatable bonds is 10. The van der Waals surface area contributed by atoms with E-state index in [0.29, 0.717) is 0 Å². The Kier molecular flexibility index (Phi) is 10.9. The van der Waals surface area contributed by atoms with Crippen molar-refractivity contribution in [2.24, 2.45) is 0 Å².